The molecule has 0 radical (unpaired) electrons. The van der Waals surface area contributed by atoms with E-state index < -0.39 is 0 Å². The standard InChI is InChI=1S/C28H34FN7O2/c1-3-26(37)36-16-15-35(17-20(36)10-12-30)27-22-11-14-34(25-9-5-4-8-23(25)29)18-24(22)31-28(32-27)38-19-21-7-6-13-33(21)2/h3-5,8-9,20-21H,1,6-7,10-11,13-19H2,2H3. The maximum atomic E-state index is 14.6. The van der Waals surface area contributed by atoms with Crippen LogP contribution in [0.15, 0.2) is 36.9 Å². The summed E-state index contributed by atoms with van der Waals surface area (Å²) in [6, 6.07) is 9.39. The Bertz CT molecular complexity index is 1230. The van der Waals surface area contributed by atoms with E-state index in [1.165, 1.54) is 12.1 Å². The van der Waals surface area contributed by atoms with Crippen molar-refractivity contribution in [3.8, 4) is 12.1 Å². The van der Waals surface area contributed by atoms with E-state index in [2.05, 4.69) is 29.5 Å². The number of carbonyl (C=O) groups excluding carboxylic acids is 1. The molecule has 2 aromatic rings. The fourth-order valence-corrected chi connectivity index (χ4v) is 5.72. The molecule has 0 N–H and O–H groups in total. The average molecular weight is 520 g/mol. The number of hydrogen-bond donors (Lipinski definition) is 0. The van der Waals surface area contributed by atoms with Crippen molar-refractivity contribution in [2.45, 2.75) is 44.3 Å². The predicted octanol–water partition coefficient (Wildman–Crippen LogP) is 2.77. The van der Waals surface area contributed by atoms with E-state index in [0.717, 1.165) is 36.5 Å². The maximum Gasteiger partial charge on any atom is 0.318 e. The molecular weight excluding hydrogens is 485 g/mol. The Morgan fingerprint density at radius 3 is 2.79 bits per heavy atom. The summed E-state index contributed by atoms with van der Waals surface area (Å²) in [7, 11) is 2.10. The summed E-state index contributed by atoms with van der Waals surface area (Å²) in [5.74, 6) is 0.361. The first-order valence-corrected chi connectivity index (χ1v) is 13.3. The molecule has 2 atom stereocenters. The van der Waals surface area contributed by atoms with Crippen molar-refractivity contribution in [1.82, 2.24) is 19.8 Å². The Labute approximate surface area is 223 Å². The summed E-state index contributed by atoms with van der Waals surface area (Å²) in [4.78, 5) is 30.2. The molecule has 0 spiro atoms. The van der Waals surface area contributed by atoms with Crippen LogP contribution < -0.4 is 14.5 Å². The quantitative estimate of drug-likeness (QED) is 0.516. The minimum Gasteiger partial charge on any atom is -0.462 e. The second-order valence-corrected chi connectivity index (χ2v) is 10.2. The maximum absolute atomic E-state index is 14.6. The molecule has 38 heavy (non-hydrogen) atoms. The summed E-state index contributed by atoms with van der Waals surface area (Å²) < 4.78 is 20.8. The second-order valence-electron chi connectivity index (χ2n) is 10.2. The summed E-state index contributed by atoms with van der Waals surface area (Å²) in [5.41, 5.74) is 2.39. The summed E-state index contributed by atoms with van der Waals surface area (Å²) in [5, 5.41) is 9.42. The van der Waals surface area contributed by atoms with Gasteiger partial charge >= 0.3 is 6.01 Å². The van der Waals surface area contributed by atoms with Crippen molar-refractivity contribution in [1.29, 1.82) is 5.26 Å². The Morgan fingerprint density at radius 2 is 2.05 bits per heavy atom. The van der Waals surface area contributed by atoms with Crippen LogP contribution in [0.5, 0.6) is 6.01 Å². The molecule has 1 aromatic carbocycles. The minimum absolute atomic E-state index is 0.167. The van der Waals surface area contributed by atoms with E-state index in [1.54, 1.807) is 17.0 Å². The lowest BCUT2D eigenvalue weighted by molar-refractivity contribution is -0.128. The number of halogens is 1. The lowest BCUT2D eigenvalue weighted by Crippen LogP contribution is -2.55. The summed E-state index contributed by atoms with van der Waals surface area (Å²) >= 11 is 0. The van der Waals surface area contributed by atoms with Gasteiger partial charge in [-0.2, -0.15) is 15.2 Å². The van der Waals surface area contributed by atoms with Gasteiger partial charge in [0, 0.05) is 37.8 Å². The monoisotopic (exact) mass is 519 g/mol. The largest absolute Gasteiger partial charge is 0.462 e. The molecule has 2 unspecified atom stereocenters. The number of para-hydroxylation sites is 1. The third kappa shape index (κ3) is 5.29. The summed E-state index contributed by atoms with van der Waals surface area (Å²) in [6.45, 7) is 7.78. The van der Waals surface area contributed by atoms with Gasteiger partial charge in [-0.3, -0.25) is 4.79 Å². The van der Waals surface area contributed by atoms with Crippen LogP contribution in [0.4, 0.5) is 15.9 Å². The highest BCUT2D eigenvalue weighted by Crippen LogP contribution is 2.33. The lowest BCUT2D eigenvalue weighted by Gasteiger charge is -2.42. The predicted molar refractivity (Wildman–Crippen MR) is 142 cm³/mol. The first-order valence-electron chi connectivity index (χ1n) is 13.3. The number of piperazine rings is 1. The van der Waals surface area contributed by atoms with Crippen LogP contribution in [0.1, 0.15) is 30.5 Å². The van der Waals surface area contributed by atoms with Gasteiger partial charge in [-0.25, -0.2) is 4.39 Å². The van der Waals surface area contributed by atoms with E-state index in [-0.39, 0.29) is 24.2 Å². The SMILES string of the molecule is C=CC(=O)N1CCN(c2nc(OCC3CCCN3C)nc3c2CCN(c2ccccc2F)C3)CC1CC#N. The number of likely N-dealkylation sites (N-methyl/N-ethyl adjacent to an activating group) is 1. The highest BCUT2D eigenvalue weighted by atomic mass is 19.1. The first-order chi connectivity index (χ1) is 18.5. The van der Waals surface area contributed by atoms with E-state index in [4.69, 9.17) is 14.7 Å². The number of rotatable bonds is 7. The van der Waals surface area contributed by atoms with Gasteiger partial charge in [0.15, 0.2) is 0 Å². The number of carbonyl (C=O) groups is 1. The molecule has 200 valence electrons. The zero-order chi connectivity index (χ0) is 26.6. The molecule has 5 rings (SSSR count). The van der Waals surface area contributed by atoms with Crippen LogP contribution in [0.25, 0.3) is 0 Å². The molecule has 0 bridgehead atoms. The van der Waals surface area contributed by atoms with Crippen LogP contribution in [-0.4, -0.2) is 84.1 Å². The van der Waals surface area contributed by atoms with Crippen LogP contribution in [0.2, 0.25) is 0 Å². The number of benzene rings is 1. The van der Waals surface area contributed by atoms with Gasteiger partial charge in [0.2, 0.25) is 5.91 Å². The number of amides is 1. The number of nitrogens with zero attached hydrogens (tertiary/aromatic N) is 7. The van der Waals surface area contributed by atoms with Crippen molar-refractivity contribution in [3.63, 3.8) is 0 Å². The van der Waals surface area contributed by atoms with Gasteiger partial charge in [-0.05, 0) is 51.1 Å². The van der Waals surface area contributed by atoms with Crippen molar-refractivity contribution in [2.75, 3.05) is 56.2 Å². The molecule has 3 aliphatic heterocycles. The Morgan fingerprint density at radius 1 is 1.21 bits per heavy atom. The van der Waals surface area contributed by atoms with E-state index in [1.807, 2.05) is 11.0 Å². The molecule has 10 heteroatoms. The minimum atomic E-state index is -0.264. The fourth-order valence-electron chi connectivity index (χ4n) is 5.72. The third-order valence-corrected chi connectivity index (χ3v) is 7.86. The van der Waals surface area contributed by atoms with Crippen molar-refractivity contribution in [2.24, 2.45) is 0 Å². The van der Waals surface area contributed by atoms with E-state index >= 15 is 0 Å². The van der Waals surface area contributed by atoms with Gasteiger partial charge in [0.25, 0.3) is 0 Å². The number of aromatic nitrogens is 2. The van der Waals surface area contributed by atoms with Gasteiger partial charge in [0.1, 0.15) is 18.2 Å². The Hall–Kier alpha value is -3.71. The normalized spacial score (nSPS) is 21.7. The van der Waals surface area contributed by atoms with E-state index in [9.17, 15) is 14.4 Å². The number of hydrogen-bond acceptors (Lipinski definition) is 8. The lowest BCUT2D eigenvalue weighted by atomic mass is 10.0. The van der Waals surface area contributed by atoms with Crippen LogP contribution >= 0.6 is 0 Å². The molecule has 2 saturated heterocycles. The average Bonchev–Trinajstić information content (AvgIpc) is 3.35. The van der Waals surface area contributed by atoms with Gasteiger partial charge in [-0.15, -0.1) is 0 Å². The summed E-state index contributed by atoms with van der Waals surface area (Å²) in [6.07, 6.45) is 4.40. The molecule has 3 aliphatic rings. The molecule has 0 aliphatic carbocycles. The van der Waals surface area contributed by atoms with Crippen molar-refractivity contribution in [3.05, 3.63) is 54.0 Å². The van der Waals surface area contributed by atoms with Crippen LogP contribution in [0.3, 0.4) is 0 Å². The fraction of sp³-hybridized carbons (Fsp3) is 0.500. The number of nitriles is 1. The molecule has 9 nitrogen and oxygen atoms in total. The molecule has 0 saturated carbocycles. The molecule has 1 amide bonds. The number of anilines is 2. The van der Waals surface area contributed by atoms with E-state index in [0.29, 0.717) is 63.5 Å². The third-order valence-electron chi connectivity index (χ3n) is 7.86. The van der Waals surface area contributed by atoms with Crippen LogP contribution in [0, 0.1) is 17.1 Å². The zero-order valence-corrected chi connectivity index (χ0v) is 21.9. The number of likely N-dealkylation sites (tertiary alicyclic amines) is 1. The Balaban J connectivity index is 1.45. The van der Waals surface area contributed by atoms with Crippen LogP contribution in [-0.2, 0) is 17.8 Å². The zero-order valence-electron chi connectivity index (χ0n) is 21.9. The van der Waals surface area contributed by atoms with Gasteiger partial charge < -0.3 is 24.3 Å². The topological polar surface area (TPSA) is 88.8 Å². The first kappa shape index (κ1) is 25.9. The van der Waals surface area contributed by atoms with Crippen molar-refractivity contribution < 1.29 is 13.9 Å². The highest BCUT2D eigenvalue weighted by molar-refractivity contribution is 5.87. The van der Waals surface area contributed by atoms with Gasteiger partial charge in [0.05, 0.1) is 36.5 Å². The van der Waals surface area contributed by atoms with Crippen molar-refractivity contribution >= 4 is 17.4 Å². The smallest absolute Gasteiger partial charge is 0.318 e. The number of ether oxygens (including phenoxy) is 1. The highest BCUT2D eigenvalue weighted by Gasteiger charge is 2.33. The second kappa shape index (κ2) is 11.4. The Kier molecular flexibility index (Phi) is 7.74. The molecule has 1 aromatic heterocycles. The molecule has 4 heterocycles. The van der Waals surface area contributed by atoms with Gasteiger partial charge in [-0.1, -0.05) is 18.7 Å². The molecular formula is C28H34FN7O2. The number of fused-ring (bicyclic) bond motifs is 1. The molecule has 2 fully saturated rings.